The molecule has 2 aromatic rings. The first kappa shape index (κ1) is 16.5. The van der Waals surface area contributed by atoms with Crippen molar-refractivity contribution in [3.63, 3.8) is 0 Å². The molecule has 0 atom stereocenters. The summed E-state index contributed by atoms with van der Waals surface area (Å²) in [6.07, 6.45) is 0.546. The highest BCUT2D eigenvalue weighted by Crippen LogP contribution is 2.37. The molecule has 0 fully saturated rings. The molecular weight excluding hydrogens is 328 g/mol. The Hall–Kier alpha value is -1.92. The molecular formula is C15H13ClO5S. The van der Waals surface area contributed by atoms with E-state index in [4.69, 9.17) is 21.4 Å². The molecule has 2 N–H and O–H groups in total. The third kappa shape index (κ3) is 3.64. The predicted octanol–water partition coefficient (Wildman–Crippen LogP) is 4.10. The second-order valence-corrected chi connectivity index (χ2v) is 5.72. The Morgan fingerprint density at radius 3 is 2.55 bits per heavy atom. The van der Waals surface area contributed by atoms with E-state index in [1.807, 2.05) is 0 Å². The molecule has 0 saturated carbocycles. The fourth-order valence-electron chi connectivity index (χ4n) is 1.90. The summed E-state index contributed by atoms with van der Waals surface area (Å²) >= 11 is 6.29. The van der Waals surface area contributed by atoms with Gasteiger partial charge in [-0.25, -0.2) is 9.59 Å². The highest BCUT2D eigenvalue weighted by molar-refractivity contribution is 8.13. The Kier molecular flexibility index (Phi) is 5.51. The molecule has 0 aromatic heterocycles. The van der Waals surface area contributed by atoms with Crippen molar-refractivity contribution in [1.29, 1.82) is 0 Å². The number of ether oxygens (including phenoxy) is 1. The molecule has 5 nitrogen and oxygen atoms in total. The first-order valence-electron chi connectivity index (χ1n) is 6.43. The molecule has 0 bridgehead atoms. The highest BCUT2D eigenvalue weighted by Gasteiger charge is 2.18. The third-order valence-corrected chi connectivity index (χ3v) is 4.01. The third-order valence-electron chi connectivity index (χ3n) is 2.90. The Labute approximate surface area is 135 Å². The number of phenols is 1. The number of carboxylic acids is 1. The van der Waals surface area contributed by atoms with E-state index < -0.39 is 11.3 Å². The van der Waals surface area contributed by atoms with Crippen molar-refractivity contribution in [2.45, 2.75) is 11.3 Å². The van der Waals surface area contributed by atoms with Gasteiger partial charge in [-0.2, -0.15) is 0 Å². The number of carbonyl (C=O) groups excluding carboxylic acids is 1. The molecule has 7 heteroatoms. The van der Waals surface area contributed by atoms with Crippen LogP contribution in [-0.4, -0.2) is 34.0 Å². The zero-order valence-corrected chi connectivity index (χ0v) is 13.0. The van der Waals surface area contributed by atoms with E-state index in [0.29, 0.717) is 28.0 Å². The number of alkyl halides is 1. The number of hydrogen-bond acceptors (Lipinski definition) is 5. The Balaban J connectivity index is 2.38. The number of rotatable bonds is 5. The summed E-state index contributed by atoms with van der Waals surface area (Å²) in [7, 11) is 0. The first-order valence-corrected chi connectivity index (χ1v) is 7.78. The van der Waals surface area contributed by atoms with Crippen molar-refractivity contribution in [2.75, 3.05) is 12.5 Å². The SMILES string of the molecule is O=C(OCCCCl)Sc1cc(C(=O)O)c(O)c2ccccc12. The molecule has 116 valence electrons. The van der Waals surface area contributed by atoms with Crippen molar-refractivity contribution < 1.29 is 24.5 Å². The van der Waals surface area contributed by atoms with E-state index in [2.05, 4.69) is 0 Å². The molecule has 2 aromatic carbocycles. The van der Waals surface area contributed by atoms with E-state index in [1.54, 1.807) is 24.3 Å². The van der Waals surface area contributed by atoms with Gasteiger partial charge in [0.25, 0.3) is 0 Å². The summed E-state index contributed by atoms with van der Waals surface area (Å²) in [6, 6.07) is 7.99. The van der Waals surface area contributed by atoms with Gasteiger partial charge in [0.15, 0.2) is 0 Å². The van der Waals surface area contributed by atoms with Gasteiger partial charge in [0.05, 0.1) is 6.61 Å². The minimum Gasteiger partial charge on any atom is -0.506 e. The fourth-order valence-corrected chi connectivity index (χ4v) is 2.80. The van der Waals surface area contributed by atoms with E-state index in [0.717, 1.165) is 11.8 Å². The van der Waals surface area contributed by atoms with Gasteiger partial charge in [0.1, 0.15) is 11.3 Å². The van der Waals surface area contributed by atoms with E-state index in [1.165, 1.54) is 6.07 Å². The van der Waals surface area contributed by atoms with E-state index in [9.17, 15) is 14.7 Å². The van der Waals surface area contributed by atoms with Crippen LogP contribution in [0.2, 0.25) is 0 Å². The van der Waals surface area contributed by atoms with Crippen LogP contribution in [0.15, 0.2) is 35.2 Å². The molecule has 0 heterocycles. The van der Waals surface area contributed by atoms with Gasteiger partial charge in [0.2, 0.25) is 0 Å². The van der Waals surface area contributed by atoms with Gasteiger partial charge in [-0.05, 0) is 29.6 Å². The number of fused-ring (bicyclic) bond motifs is 1. The molecule has 2 rings (SSSR count). The minimum atomic E-state index is -1.26. The number of aromatic hydroxyl groups is 1. The van der Waals surface area contributed by atoms with Crippen LogP contribution in [0.4, 0.5) is 4.79 Å². The highest BCUT2D eigenvalue weighted by atomic mass is 35.5. The largest absolute Gasteiger partial charge is 0.506 e. The van der Waals surface area contributed by atoms with E-state index >= 15 is 0 Å². The van der Waals surface area contributed by atoms with Crippen LogP contribution < -0.4 is 0 Å². The maximum atomic E-state index is 11.8. The quantitative estimate of drug-likeness (QED) is 0.369. The monoisotopic (exact) mass is 340 g/mol. The van der Waals surface area contributed by atoms with Gasteiger partial charge in [-0.15, -0.1) is 11.6 Å². The second-order valence-electron chi connectivity index (χ2n) is 4.36. The normalized spacial score (nSPS) is 10.6. The summed E-state index contributed by atoms with van der Waals surface area (Å²) in [5, 5.41) is 19.6. The van der Waals surface area contributed by atoms with Crippen LogP contribution in [0.3, 0.4) is 0 Å². The molecule has 0 aliphatic heterocycles. The van der Waals surface area contributed by atoms with Gasteiger partial charge in [-0.3, -0.25) is 0 Å². The molecule has 0 amide bonds. The Morgan fingerprint density at radius 2 is 1.91 bits per heavy atom. The fraction of sp³-hybridized carbons (Fsp3) is 0.200. The first-order chi connectivity index (χ1) is 10.5. The molecule has 0 spiro atoms. The smallest absolute Gasteiger partial charge is 0.372 e. The summed E-state index contributed by atoms with van der Waals surface area (Å²) in [5.74, 6) is -1.19. The van der Waals surface area contributed by atoms with Crippen molar-refractivity contribution in [3.8, 4) is 5.75 Å². The Morgan fingerprint density at radius 1 is 1.23 bits per heavy atom. The maximum Gasteiger partial charge on any atom is 0.372 e. The predicted molar refractivity (Wildman–Crippen MR) is 85.1 cm³/mol. The maximum absolute atomic E-state index is 11.8. The summed E-state index contributed by atoms with van der Waals surface area (Å²) in [6.45, 7) is 0.205. The number of thioether (sulfide) groups is 1. The van der Waals surface area contributed by atoms with Gasteiger partial charge in [0, 0.05) is 16.2 Å². The average Bonchev–Trinajstić information content (AvgIpc) is 2.50. The van der Waals surface area contributed by atoms with Crippen LogP contribution in [0.1, 0.15) is 16.8 Å². The molecule has 0 radical (unpaired) electrons. The zero-order valence-electron chi connectivity index (χ0n) is 11.4. The lowest BCUT2D eigenvalue weighted by Crippen LogP contribution is -2.02. The molecule has 22 heavy (non-hydrogen) atoms. The van der Waals surface area contributed by atoms with Gasteiger partial charge < -0.3 is 14.9 Å². The number of halogens is 1. The van der Waals surface area contributed by atoms with Crippen molar-refractivity contribution in [1.82, 2.24) is 0 Å². The van der Waals surface area contributed by atoms with Crippen LogP contribution in [0, 0.1) is 0 Å². The van der Waals surface area contributed by atoms with Crippen molar-refractivity contribution in [2.24, 2.45) is 0 Å². The molecule has 0 saturated heterocycles. The van der Waals surface area contributed by atoms with Crippen molar-refractivity contribution >= 4 is 45.4 Å². The lowest BCUT2D eigenvalue weighted by atomic mass is 10.1. The summed E-state index contributed by atoms with van der Waals surface area (Å²) < 4.78 is 5.00. The number of carbonyl (C=O) groups is 2. The lowest BCUT2D eigenvalue weighted by Gasteiger charge is -2.10. The van der Waals surface area contributed by atoms with E-state index in [-0.39, 0.29) is 17.9 Å². The number of hydrogen-bond donors (Lipinski definition) is 2. The van der Waals surface area contributed by atoms with Gasteiger partial charge in [-0.1, -0.05) is 24.3 Å². The summed E-state index contributed by atoms with van der Waals surface area (Å²) in [5.41, 5.74) is -0.255. The molecule has 0 aliphatic carbocycles. The Bertz CT molecular complexity index is 716. The molecule has 0 aliphatic rings. The lowest BCUT2D eigenvalue weighted by molar-refractivity contribution is 0.0693. The standard InChI is InChI=1S/C15H13ClO5S/c16-6-3-7-21-15(20)22-12-8-11(14(18)19)13(17)10-5-2-1-4-9(10)12/h1-2,4-5,8,17H,3,6-7H2,(H,18,19). The van der Waals surface area contributed by atoms with Crippen LogP contribution in [0.5, 0.6) is 5.75 Å². The zero-order chi connectivity index (χ0) is 16.1. The second kappa shape index (κ2) is 7.38. The van der Waals surface area contributed by atoms with Gasteiger partial charge >= 0.3 is 11.3 Å². The summed E-state index contributed by atoms with van der Waals surface area (Å²) in [4.78, 5) is 23.4. The number of benzene rings is 2. The van der Waals surface area contributed by atoms with Crippen LogP contribution >= 0.6 is 23.4 Å². The van der Waals surface area contributed by atoms with Crippen LogP contribution in [0.25, 0.3) is 10.8 Å². The minimum absolute atomic E-state index is 0.205. The number of carboxylic acid groups (broad SMARTS) is 1. The average molecular weight is 341 g/mol. The van der Waals surface area contributed by atoms with Crippen LogP contribution in [-0.2, 0) is 4.74 Å². The topological polar surface area (TPSA) is 83.8 Å². The molecule has 0 unspecified atom stereocenters. The number of aromatic carboxylic acids is 1. The van der Waals surface area contributed by atoms with Crippen molar-refractivity contribution in [3.05, 3.63) is 35.9 Å².